The van der Waals surface area contributed by atoms with Crippen molar-refractivity contribution in [2.24, 2.45) is 0 Å². The summed E-state index contributed by atoms with van der Waals surface area (Å²) >= 11 is 0. The van der Waals surface area contributed by atoms with Crippen LogP contribution in [0.25, 0.3) is 0 Å². The molecule has 0 bridgehead atoms. The van der Waals surface area contributed by atoms with E-state index in [-0.39, 0.29) is 11.9 Å². The molecule has 1 unspecified atom stereocenters. The van der Waals surface area contributed by atoms with Crippen LogP contribution in [0.2, 0.25) is 0 Å². The van der Waals surface area contributed by atoms with Gasteiger partial charge >= 0.3 is 0 Å². The predicted octanol–water partition coefficient (Wildman–Crippen LogP) is -0.165. The summed E-state index contributed by atoms with van der Waals surface area (Å²) in [5, 5.41) is 6.84. The molecule has 0 spiro atoms. The van der Waals surface area contributed by atoms with Crippen molar-refractivity contribution in [2.75, 3.05) is 12.3 Å². The Labute approximate surface area is 75.9 Å². The van der Waals surface area contributed by atoms with E-state index in [0.29, 0.717) is 5.69 Å². The zero-order valence-electron chi connectivity index (χ0n) is 7.45. The third-order valence-corrected chi connectivity index (χ3v) is 2.40. The minimum Gasteiger partial charge on any atom is -0.396 e. The molecule has 5 heteroatoms. The van der Waals surface area contributed by atoms with Crippen LogP contribution in [0.4, 0.5) is 5.69 Å². The third kappa shape index (κ3) is 1.16. The number of hydrogen-bond donors (Lipinski definition) is 2. The Morgan fingerprint density at radius 3 is 3.00 bits per heavy atom. The molecular formula is C8H12N4O. The highest BCUT2D eigenvalue weighted by Crippen LogP contribution is 2.20. The number of anilines is 1. The number of aromatic nitrogens is 2. The molecule has 2 heterocycles. The summed E-state index contributed by atoms with van der Waals surface area (Å²) in [4.78, 5) is 11.3. The van der Waals surface area contributed by atoms with Crippen LogP contribution in [0.3, 0.4) is 0 Å². The first-order chi connectivity index (χ1) is 6.20. The second-order valence-corrected chi connectivity index (χ2v) is 3.23. The summed E-state index contributed by atoms with van der Waals surface area (Å²) in [6.07, 6.45) is 2.38. The highest BCUT2D eigenvalue weighted by Gasteiger charge is 2.27. The average Bonchev–Trinajstić information content (AvgIpc) is 2.62. The van der Waals surface area contributed by atoms with Crippen LogP contribution in [0.5, 0.6) is 0 Å². The lowest BCUT2D eigenvalue weighted by molar-refractivity contribution is -0.122. The van der Waals surface area contributed by atoms with E-state index < -0.39 is 0 Å². The number of amides is 1. The molecule has 1 saturated heterocycles. The van der Waals surface area contributed by atoms with Crippen molar-refractivity contribution in [1.29, 1.82) is 0 Å². The molecule has 1 aromatic rings. The van der Waals surface area contributed by atoms with Gasteiger partial charge in [-0.2, -0.15) is 5.10 Å². The summed E-state index contributed by atoms with van der Waals surface area (Å²) in [6, 6.07) is -0.169. The van der Waals surface area contributed by atoms with Crippen LogP contribution >= 0.6 is 0 Å². The Bertz CT molecular complexity index is 344. The Kier molecular flexibility index (Phi) is 1.72. The number of carbonyl (C=O) groups is 1. The lowest BCUT2D eigenvalue weighted by Crippen LogP contribution is -2.23. The molecule has 0 radical (unpaired) electrons. The molecule has 70 valence electrons. The molecule has 1 amide bonds. The molecule has 1 aromatic heterocycles. The minimum absolute atomic E-state index is 0.0335. The highest BCUT2D eigenvalue weighted by atomic mass is 16.2. The van der Waals surface area contributed by atoms with Gasteiger partial charge < -0.3 is 11.1 Å². The van der Waals surface area contributed by atoms with E-state index in [1.54, 1.807) is 10.9 Å². The third-order valence-electron chi connectivity index (χ3n) is 2.40. The molecule has 5 nitrogen and oxygen atoms in total. The number of nitrogen functional groups attached to an aromatic ring is 1. The van der Waals surface area contributed by atoms with Gasteiger partial charge in [-0.3, -0.25) is 9.48 Å². The monoisotopic (exact) mass is 180 g/mol. The van der Waals surface area contributed by atoms with Gasteiger partial charge in [0.15, 0.2) is 0 Å². The van der Waals surface area contributed by atoms with Crippen molar-refractivity contribution >= 4 is 11.6 Å². The Morgan fingerprint density at radius 1 is 1.77 bits per heavy atom. The van der Waals surface area contributed by atoms with Gasteiger partial charge in [-0.15, -0.1) is 0 Å². The van der Waals surface area contributed by atoms with E-state index in [1.165, 1.54) is 0 Å². The molecule has 2 rings (SSSR count). The van der Waals surface area contributed by atoms with Crippen molar-refractivity contribution in [3.8, 4) is 0 Å². The van der Waals surface area contributed by atoms with Crippen LogP contribution in [-0.2, 0) is 4.79 Å². The smallest absolute Gasteiger partial charge is 0.244 e. The first kappa shape index (κ1) is 8.10. The van der Waals surface area contributed by atoms with E-state index >= 15 is 0 Å². The van der Waals surface area contributed by atoms with Gasteiger partial charge in [-0.05, 0) is 13.3 Å². The number of carbonyl (C=O) groups excluding carboxylic acids is 1. The first-order valence-electron chi connectivity index (χ1n) is 4.27. The SMILES string of the molecule is Cc1c(N)cnn1C1CCNC1=O. The lowest BCUT2D eigenvalue weighted by atomic mass is 10.2. The standard InChI is InChI=1S/C8H12N4O/c1-5-6(9)4-11-12(5)7-2-3-10-8(7)13/h4,7H,2-3,9H2,1H3,(H,10,13). The number of rotatable bonds is 1. The van der Waals surface area contributed by atoms with Crippen LogP contribution < -0.4 is 11.1 Å². The fraction of sp³-hybridized carbons (Fsp3) is 0.500. The summed E-state index contributed by atoms with van der Waals surface area (Å²) in [7, 11) is 0. The molecule has 3 N–H and O–H groups in total. The first-order valence-corrected chi connectivity index (χ1v) is 4.27. The minimum atomic E-state index is -0.169. The van der Waals surface area contributed by atoms with Crippen molar-refractivity contribution in [1.82, 2.24) is 15.1 Å². The van der Waals surface area contributed by atoms with Crippen molar-refractivity contribution < 1.29 is 4.79 Å². The normalized spacial score (nSPS) is 21.9. The zero-order valence-corrected chi connectivity index (χ0v) is 7.45. The van der Waals surface area contributed by atoms with E-state index in [1.807, 2.05) is 6.92 Å². The van der Waals surface area contributed by atoms with Gasteiger partial charge in [0, 0.05) is 6.54 Å². The van der Waals surface area contributed by atoms with Gasteiger partial charge in [0.1, 0.15) is 6.04 Å². The highest BCUT2D eigenvalue weighted by molar-refractivity contribution is 5.82. The van der Waals surface area contributed by atoms with Crippen LogP contribution in [0, 0.1) is 6.92 Å². The van der Waals surface area contributed by atoms with Gasteiger partial charge in [-0.25, -0.2) is 0 Å². The molecule has 0 aliphatic carbocycles. The fourth-order valence-electron chi connectivity index (χ4n) is 1.57. The quantitative estimate of drug-likeness (QED) is 0.630. The molecule has 1 aliphatic heterocycles. The Morgan fingerprint density at radius 2 is 2.54 bits per heavy atom. The maximum atomic E-state index is 11.3. The molecular weight excluding hydrogens is 168 g/mol. The fourth-order valence-corrected chi connectivity index (χ4v) is 1.57. The molecule has 1 atom stereocenters. The summed E-state index contributed by atoms with van der Waals surface area (Å²) in [5.41, 5.74) is 7.14. The summed E-state index contributed by atoms with van der Waals surface area (Å²) in [6.45, 7) is 2.59. The van der Waals surface area contributed by atoms with Gasteiger partial charge in [-0.1, -0.05) is 0 Å². The van der Waals surface area contributed by atoms with E-state index in [4.69, 9.17) is 5.73 Å². The molecule has 1 fully saturated rings. The van der Waals surface area contributed by atoms with Crippen molar-refractivity contribution in [2.45, 2.75) is 19.4 Å². The van der Waals surface area contributed by atoms with Crippen LogP contribution in [0.1, 0.15) is 18.2 Å². The van der Waals surface area contributed by atoms with E-state index in [0.717, 1.165) is 18.7 Å². The Balaban J connectivity index is 2.34. The predicted molar refractivity (Wildman–Crippen MR) is 48.0 cm³/mol. The van der Waals surface area contributed by atoms with Gasteiger partial charge in [0.05, 0.1) is 17.6 Å². The molecule has 13 heavy (non-hydrogen) atoms. The number of hydrogen-bond acceptors (Lipinski definition) is 3. The lowest BCUT2D eigenvalue weighted by Gasteiger charge is -2.09. The van der Waals surface area contributed by atoms with Gasteiger partial charge in [0.2, 0.25) is 5.91 Å². The number of nitrogens with one attached hydrogen (secondary N) is 1. The second kappa shape index (κ2) is 2.76. The number of nitrogens with zero attached hydrogens (tertiary/aromatic N) is 2. The number of nitrogens with two attached hydrogens (primary N) is 1. The molecule has 1 aliphatic rings. The van der Waals surface area contributed by atoms with Crippen molar-refractivity contribution in [3.05, 3.63) is 11.9 Å². The summed E-state index contributed by atoms with van der Waals surface area (Å²) < 4.78 is 1.69. The van der Waals surface area contributed by atoms with E-state index in [2.05, 4.69) is 10.4 Å². The van der Waals surface area contributed by atoms with E-state index in [9.17, 15) is 4.79 Å². The topological polar surface area (TPSA) is 72.9 Å². The largest absolute Gasteiger partial charge is 0.396 e. The van der Waals surface area contributed by atoms with Crippen LogP contribution in [0.15, 0.2) is 6.20 Å². The summed E-state index contributed by atoms with van der Waals surface area (Å²) in [5.74, 6) is 0.0335. The molecule has 0 saturated carbocycles. The zero-order chi connectivity index (χ0) is 9.42. The van der Waals surface area contributed by atoms with Gasteiger partial charge in [0.25, 0.3) is 0 Å². The maximum Gasteiger partial charge on any atom is 0.244 e. The van der Waals surface area contributed by atoms with Crippen molar-refractivity contribution in [3.63, 3.8) is 0 Å². The Hall–Kier alpha value is -1.52. The molecule has 0 aromatic carbocycles. The average molecular weight is 180 g/mol. The van der Waals surface area contributed by atoms with Crippen LogP contribution in [-0.4, -0.2) is 22.2 Å². The second-order valence-electron chi connectivity index (χ2n) is 3.23. The maximum absolute atomic E-state index is 11.3.